The molecule has 32 heavy (non-hydrogen) atoms. The number of hydrogen-bond donors (Lipinski definition) is 1. The Labute approximate surface area is 189 Å². The maximum absolute atomic E-state index is 12.5. The van der Waals surface area contributed by atoms with Crippen LogP contribution >= 0.6 is 11.6 Å². The predicted octanol–water partition coefficient (Wildman–Crippen LogP) is 3.55. The van der Waals surface area contributed by atoms with Crippen molar-refractivity contribution in [3.8, 4) is 11.5 Å². The Morgan fingerprint density at radius 1 is 0.969 bits per heavy atom. The number of nitrogens with one attached hydrogen (secondary N) is 1. The van der Waals surface area contributed by atoms with E-state index in [0.717, 1.165) is 19.6 Å². The molecule has 1 fully saturated rings. The van der Waals surface area contributed by atoms with Gasteiger partial charge in [-0.25, -0.2) is 0 Å². The molecule has 0 aromatic heterocycles. The average molecular weight is 472 g/mol. The molecule has 0 spiro atoms. The van der Waals surface area contributed by atoms with Gasteiger partial charge in [-0.3, -0.25) is 14.6 Å². The maximum Gasteiger partial charge on any atom is 0.573 e. The van der Waals surface area contributed by atoms with Crippen LogP contribution in [0, 0.1) is 0 Å². The lowest BCUT2D eigenvalue weighted by molar-refractivity contribution is -0.274. The Balaban J connectivity index is 1.36. The van der Waals surface area contributed by atoms with E-state index in [9.17, 15) is 18.0 Å². The Bertz CT molecular complexity index is 890. The van der Waals surface area contributed by atoms with Gasteiger partial charge in [0.2, 0.25) is 5.91 Å². The molecule has 2 aromatic rings. The quantitative estimate of drug-likeness (QED) is 0.606. The molecule has 10 heteroatoms. The number of rotatable bonds is 9. The fourth-order valence-electron chi connectivity index (χ4n) is 3.34. The standard InChI is InChI=1S/C22H25ClF3N3O3/c23-18-6-2-4-8-20(18)31-14-13-28-9-11-29(12-10-28)16-21(30)27-15-17-5-1-3-7-19(17)32-22(24,25)26/h1-8H,9-16H2,(H,27,30). The molecule has 0 atom stereocenters. The van der Waals surface area contributed by atoms with E-state index in [2.05, 4.69) is 15.0 Å². The normalized spacial score (nSPS) is 15.4. The number of carbonyl (C=O) groups is 1. The molecule has 1 aliphatic heterocycles. The van der Waals surface area contributed by atoms with Crippen molar-refractivity contribution in [3.63, 3.8) is 0 Å². The summed E-state index contributed by atoms with van der Waals surface area (Å²) in [5, 5.41) is 3.25. The number of hydrogen-bond acceptors (Lipinski definition) is 5. The number of para-hydroxylation sites is 2. The maximum atomic E-state index is 12.5. The lowest BCUT2D eigenvalue weighted by Crippen LogP contribution is -2.50. The van der Waals surface area contributed by atoms with Gasteiger partial charge in [-0.05, 0) is 18.2 Å². The van der Waals surface area contributed by atoms with E-state index >= 15 is 0 Å². The molecule has 1 amide bonds. The van der Waals surface area contributed by atoms with Gasteiger partial charge < -0.3 is 14.8 Å². The lowest BCUT2D eigenvalue weighted by atomic mass is 10.2. The van der Waals surface area contributed by atoms with Crippen LogP contribution in [0.15, 0.2) is 48.5 Å². The van der Waals surface area contributed by atoms with Gasteiger partial charge in [0.1, 0.15) is 18.1 Å². The van der Waals surface area contributed by atoms with Crippen molar-refractivity contribution in [1.82, 2.24) is 15.1 Å². The van der Waals surface area contributed by atoms with Crippen molar-refractivity contribution in [3.05, 3.63) is 59.1 Å². The molecule has 1 aliphatic rings. The molecule has 0 bridgehead atoms. The van der Waals surface area contributed by atoms with Gasteiger partial charge in [-0.1, -0.05) is 41.9 Å². The molecule has 0 radical (unpaired) electrons. The molecule has 0 saturated carbocycles. The summed E-state index contributed by atoms with van der Waals surface area (Å²) in [7, 11) is 0. The van der Waals surface area contributed by atoms with E-state index in [1.807, 2.05) is 23.1 Å². The summed E-state index contributed by atoms with van der Waals surface area (Å²) >= 11 is 6.07. The van der Waals surface area contributed by atoms with Crippen LogP contribution in [-0.2, 0) is 11.3 Å². The second-order valence-corrected chi connectivity index (χ2v) is 7.74. The first-order chi connectivity index (χ1) is 15.3. The molecule has 0 aliphatic carbocycles. The second kappa shape index (κ2) is 11.4. The Morgan fingerprint density at radius 2 is 1.59 bits per heavy atom. The van der Waals surface area contributed by atoms with Crippen molar-refractivity contribution in [2.24, 2.45) is 0 Å². The Morgan fingerprint density at radius 3 is 2.28 bits per heavy atom. The summed E-state index contributed by atoms with van der Waals surface area (Å²) in [5.41, 5.74) is 0.265. The first-order valence-corrected chi connectivity index (χ1v) is 10.6. The van der Waals surface area contributed by atoms with Crippen molar-refractivity contribution < 1.29 is 27.4 Å². The van der Waals surface area contributed by atoms with Crippen LogP contribution in [0.4, 0.5) is 13.2 Å². The molecule has 0 unspecified atom stereocenters. The van der Waals surface area contributed by atoms with Gasteiger partial charge in [0.15, 0.2) is 0 Å². The van der Waals surface area contributed by atoms with Crippen LogP contribution in [0.25, 0.3) is 0 Å². The van der Waals surface area contributed by atoms with E-state index in [1.165, 1.54) is 18.2 Å². The van der Waals surface area contributed by atoms with Crippen LogP contribution in [0.2, 0.25) is 5.02 Å². The summed E-state index contributed by atoms with van der Waals surface area (Å²) in [6, 6.07) is 13.1. The van der Waals surface area contributed by atoms with Gasteiger partial charge in [0.05, 0.1) is 11.6 Å². The number of piperazine rings is 1. The highest BCUT2D eigenvalue weighted by molar-refractivity contribution is 6.32. The Kier molecular flexibility index (Phi) is 8.60. The number of benzene rings is 2. The molecule has 3 rings (SSSR count). The van der Waals surface area contributed by atoms with Crippen molar-refractivity contribution in [1.29, 1.82) is 0 Å². The van der Waals surface area contributed by atoms with Gasteiger partial charge in [0, 0.05) is 44.8 Å². The zero-order chi connectivity index (χ0) is 23.0. The molecule has 6 nitrogen and oxygen atoms in total. The smallest absolute Gasteiger partial charge is 0.491 e. The third-order valence-corrected chi connectivity index (χ3v) is 5.32. The molecule has 174 valence electrons. The van der Waals surface area contributed by atoms with Gasteiger partial charge in [0.25, 0.3) is 0 Å². The zero-order valence-corrected chi connectivity index (χ0v) is 18.2. The number of alkyl halides is 3. The van der Waals surface area contributed by atoms with Crippen LogP contribution < -0.4 is 14.8 Å². The van der Waals surface area contributed by atoms with E-state index < -0.39 is 6.36 Å². The van der Waals surface area contributed by atoms with Gasteiger partial charge in [-0.2, -0.15) is 0 Å². The SMILES string of the molecule is O=C(CN1CCN(CCOc2ccccc2Cl)CC1)NCc1ccccc1OC(F)(F)F. The summed E-state index contributed by atoms with van der Waals surface area (Å²) in [6.07, 6.45) is -4.78. The van der Waals surface area contributed by atoms with E-state index in [0.29, 0.717) is 30.5 Å². The molecule has 1 heterocycles. The highest BCUT2D eigenvalue weighted by Crippen LogP contribution is 2.26. The van der Waals surface area contributed by atoms with Gasteiger partial charge in [-0.15, -0.1) is 13.2 Å². The molecular weight excluding hydrogens is 447 g/mol. The topological polar surface area (TPSA) is 54.0 Å². The van der Waals surface area contributed by atoms with Crippen LogP contribution in [-0.4, -0.2) is 67.9 Å². The highest BCUT2D eigenvalue weighted by Gasteiger charge is 2.32. The minimum Gasteiger partial charge on any atom is -0.491 e. The number of ether oxygens (including phenoxy) is 2. The van der Waals surface area contributed by atoms with Crippen LogP contribution in [0.1, 0.15) is 5.56 Å². The van der Waals surface area contributed by atoms with Crippen molar-refractivity contribution in [2.75, 3.05) is 45.9 Å². The summed E-state index contributed by atoms with van der Waals surface area (Å²) in [5.74, 6) is 0.0990. The first kappa shape index (κ1) is 24.2. The van der Waals surface area contributed by atoms with Crippen molar-refractivity contribution in [2.45, 2.75) is 12.9 Å². The third-order valence-electron chi connectivity index (χ3n) is 5.01. The molecule has 1 saturated heterocycles. The number of amides is 1. The number of nitrogens with zero attached hydrogens (tertiary/aromatic N) is 2. The predicted molar refractivity (Wildman–Crippen MR) is 115 cm³/mol. The molecular formula is C22H25ClF3N3O3. The van der Waals surface area contributed by atoms with Gasteiger partial charge >= 0.3 is 6.36 Å². The van der Waals surface area contributed by atoms with E-state index in [-0.39, 0.29) is 30.3 Å². The first-order valence-electron chi connectivity index (χ1n) is 10.2. The summed E-state index contributed by atoms with van der Waals surface area (Å²) < 4.78 is 47.2. The van der Waals surface area contributed by atoms with E-state index in [4.69, 9.17) is 16.3 Å². The molecule has 2 aromatic carbocycles. The minimum atomic E-state index is -4.78. The highest BCUT2D eigenvalue weighted by atomic mass is 35.5. The number of halogens is 4. The van der Waals surface area contributed by atoms with Crippen molar-refractivity contribution >= 4 is 17.5 Å². The van der Waals surface area contributed by atoms with Crippen LogP contribution in [0.5, 0.6) is 11.5 Å². The third kappa shape index (κ3) is 7.89. The fraction of sp³-hybridized carbons (Fsp3) is 0.409. The lowest BCUT2D eigenvalue weighted by Gasteiger charge is -2.34. The molecule has 1 N–H and O–H groups in total. The average Bonchev–Trinajstić information content (AvgIpc) is 2.75. The minimum absolute atomic E-state index is 0.0373. The summed E-state index contributed by atoms with van der Waals surface area (Å²) in [6.45, 7) is 4.44. The number of carbonyl (C=O) groups excluding carboxylic acids is 1. The zero-order valence-electron chi connectivity index (χ0n) is 17.4. The monoisotopic (exact) mass is 471 g/mol. The second-order valence-electron chi connectivity index (χ2n) is 7.33. The van der Waals surface area contributed by atoms with Crippen LogP contribution in [0.3, 0.4) is 0 Å². The largest absolute Gasteiger partial charge is 0.573 e. The van der Waals surface area contributed by atoms with E-state index in [1.54, 1.807) is 12.1 Å². The summed E-state index contributed by atoms with van der Waals surface area (Å²) in [4.78, 5) is 16.5. The fourth-order valence-corrected chi connectivity index (χ4v) is 3.53. The Hall–Kier alpha value is -2.49.